The minimum absolute atomic E-state index is 0.345. The Kier molecular flexibility index (Phi) is 8.18. The lowest BCUT2D eigenvalue weighted by Gasteiger charge is -2.19. The van der Waals surface area contributed by atoms with Gasteiger partial charge in [0.25, 0.3) is 11.1 Å². The summed E-state index contributed by atoms with van der Waals surface area (Å²) >= 11 is 0.900. The van der Waals surface area contributed by atoms with Gasteiger partial charge in [0.05, 0.1) is 0 Å². The highest BCUT2D eigenvalue weighted by atomic mass is 32.2. The molecule has 1 atom stereocenters. The van der Waals surface area contributed by atoms with Crippen molar-refractivity contribution in [3.8, 4) is 0 Å². The second-order valence-corrected chi connectivity index (χ2v) is 3.88. The molecule has 6 nitrogen and oxygen atoms in total. The van der Waals surface area contributed by atoms with E-state index in [1.807, 2.05) is 13.8 Å². The van der Waals surface area contributed by atoms with Crippen molar-refractivity contribution in [1.82, 2.24) is 10.3 Å². The second kappa shape index (κ2) is 8.51. The zero-order valence-corrected chi connectivity index (χ0v) is 10.7. The zero-order chi connectivity index (χ0) is 12.6. The molecule has 1 rings (SSSR count). The normalized spacial score (nSPS) is 19.4. The van der Waals surface area contributed by atoms with Crippen LogP contribution in [0.4, 0.5) is 4.79 Å². The summed E-state index contributed by atoms with van der Waals surface area (Å²) in [5, 5.41) is 2.58. The van der Waals surface area contributed by atoms with Crippen molar-refractivity contribution in [1.29, 1.82) is 0 Å². The predicted octanol–water partition coefficient (Wildman–Crippen LogP) is 0.534. The molecule has 1 fully saturated rings. The van der Waals surface area contributed by atoms with Gasteiger partial charge >= 0.3 is 0 Å². The Balaban J connectivity index is 0.00000106. The van der Waals surface area contributed by atoms with Gasteiger partial charge in [0.15, 0.2) is 5.37 Å². The summed E-state index contributed by atoms with van der Waals surface area (Å²) in [4.78, 5) is 22.0. The van der Waals surface area contributed by atoms with E-state index in [9.17, 15) is 9.59 Å². The third-order valence-corrected chi connectivity index (χ3v) is 2.76. The fourth-order valence-electron chi connectivity index (χ4n) is 1.07. The Bertz CT molecular complexity index is 238. The van der Waals surface area contributed by atoms with Gasteiger partial charge in [-0.25, -0.2) is 5.01 Å². The highest BCUT2D eigenvalue weighted by molar-refractivity contribution is 8.15. The van der Waals surface area contributed by atoms with Crippen LogP contribution in [0.5, 0.6) is 0 Å². The topological polar surface area (TPSA) is 84.7 Å². The molecule has 1 aliphatic rings. The number of carbonyl (C=O) groups is 2. The number of hydrogen-bond donors (Lipinski definition) is 2. The average Bonchev–Trinajstić information content (AvgIpc) is 2.61. The van der Waals surface area contributed by atoms with E-state index < -0.39 is 5.37 Å². The van der Waals surface area contributed by atoms with Crippen LogP contribution in [0.3, 0.4) is 0 Å². The Hall–Kier alpha value is -0.630. The van der Waals surface area contributed by atoms with E-state index in [-0.39, 0.29) is 11.1 Å². The fraction of sp³-hybridized carbons (Fsp3) is 0.778. The Morgan fingerprint density at radius 2 is 2.12 bits per heavy atom. The van der Waals surface area contributed by atoms with Crippen LogP contribution in [-0.2, 0) is 9.53 Å². The van der Waals surface area contributed by atoms with Crippen molar-refractivity contribution in [2.45, 2.75) is 25.6 Å². The van der Waals surface area contributed by atoms with E-state index in [0.717, 1.165) is 18.2 Å². The van der Waals surface area contributed by atoms with Gasteiger partial charge in [0, 0.05) is 20.3 Å². The van der Waals surface area contributed by atoms with Crippen molar-refractivity contribution in [3.63, 3.8) is 0 Å². The minimum Gasteiger partial charge on any atom is -0.385 e. The highest BCUT2D eigenvalue weighted by Gasteiger charge is 2.34. The monoisotopic (exact) mass is 249 g/mol. The maximum absolute atomic E-state index is 11.2. The van der Waals surface area contributed by atoms with Crippen molar-refractivity contribution >= 4 is 22.9 Å². The molecule has 2 amide bonds. The lowest BCUT2D eigenvalue weighted by molar-refractivity contribution is -0.121. The second-order valence-electron chi connectivity index (χ2n) is 2.83. The summed E-state index contributed by atoms with van der Waals surface area (Å²) in [6.45, 7) is 5.10. The van der Waals surface area contributed by atoms with Crippen LogP contribution in [0.25, 0.3) is 0 Å². The van der Waals surface area contributed by atoms with Gasteiger partial charge in [-0.2, -0.15) is 0 Å². The number of thioether (sulfide) groups is 1. The molecule has 1 saturated heterocycles. The lowest BCUT2D eigenvalue weighted by Crippen LogP contribution is -2.44. The molecule has 0 aromatic heterocycles. The van der Waals surface area contributed by atoms with Crippen LogP contribution in [-0.4, -0.2) is 41.8 Å². The summed E-state index contributed by atoms with van der Waals surface area (Å²) < 4.78 is 4.85. The number of hydrazine groups is 1. The number of methoxy groups -OCH3 is 1. The molecule has 1 heterocycles. The molecule has 0 aromatic rings. The molecule has 94 valence electrons. The largest absolute Gasteiger partial charge is 0.385 e. The van der Waals surface area contributed by atoms with E-state index in [4.69, 9.17) is 10.6 Å². The average molecular weight is 249 g/mol. The predicted molar refractivity (Wildman–Crippen MR) is 63.7 cm³/mol. The Labute approximate surface area is 99.8 Å². The maximum Gasteiger partial charge on any atom is 0.287 e. The van der Waals surface area contributed by atoms with Gasteiger partial charge in [-0.05, 0) is 18.2 Å². The first-order valence-electron chi connectivity index (χ1n) is 5.17. The summed E-state index contributed by atoms with van der Waals surface area (Å²) in [6, 6.07) is 0. The molecule has 0 aliphatic carbocycles. The molecule has 0 saturated carbocycles. The molecule has 16 heavy (non-hydrogen) atoms. The molecule has 1 aliphatic heterocycles. The number of nitrogens with two attached hydrogens (primary N) is 1. The van der Waals surface area contributed by atoms with Gasteiger partial charge in [-0.3, -0.25) is 20.7 Å². The van der Waals surface area contributed by atoms with E-state index in [1.165, 1.54) is 5.01 Å². The van der Waals surface area contributed by atoms with Gasteiger partial charge in [-0.15, -0.1) is 0 Å². The molecule has 0 radical (unpaired) electrons. The van der Waals surface area contributed by atoms with Gasteiger partial charge in [-0.1, -0.05) is 13.8 Å². The smallest absolute Gasteiger partial charge is 0.287 e. The molecule has 0 bridgehead atoms. The summed E-state index contributed by atoms with van der Waals surface area (Å²) in [7, 11) is 1.60. The number of carbonyl (C=O) groups excluding carboxylic acids is 2. The third kappa shape index (κ3) is 4.93. The lowest BCUT2D eigenvalue weighted by atomic mass is 10.4. The van der Waals surface area contributed by atoms with Crippen molar-refractivity contribution in [2.24, 2.45) is 5.84 Å². The van der Waals surface area contributed by atoms with Crippen LogP contribution in [0.2, 0.25) is 0 Å². The number of rotatable bonds is 5. The first-order chi connectivity index (χ1) is 7.65. The minimum atomic E-state index is -0.598. The molecule has 0 aromatic carbocycles. The maximum atomic E-state index is 11.2. The van der Waals surface area contributed by atoms with E-state index in [0.29, 0.717) is 13.2 Å². The first-order valence-corrected chi connectivity index (χ1v) is 6.05. The van der Waals surface area contributed by atoms with Crippen LogP contribution in [0.15, 0.2) is 0 Å². The quantitative estimate of drug-likeness (QED) is 0.420. The standard InChI is InChI=1S/C7H13N3O3S.C2H6/c1-13-4-2-3-10(8)6-5(11)9-7(12)14-6;1-2/h6H,2-4,8H2,1H3,(H,9,11,12);1-2H3. The highest BCUT2D eigenvalue weighted by Crippen LogP contribution is 2.20. The summed E-state index contributed by atoms with van der Waals surface area (Å²) in [5.41, 5.74) is 0. The van der Waals surface area contributed by atoms with E-state index in [1.54, 1.807) is 7.11 Å². The van der Waals surface area contributed by atoms with Gasteiger partial charge in [0.2, 0.25) is 0 Å². The number of nitrogens with zero attached hydrogens (tertiary/aromatic N) is 1. The number of nitrogens with one attached hydrogen (secondary N) is 1. The van der Waals surface area contributed by atoms with Crippen molar-refractivity contribution < 1.29 is 14.3 Å². The van der Waals surface area contributed by atoms with Crippen molar-refractivity contribution in [2.75, 3.05) is 20.3 Å². The van der Waals surface area contributed by atoms with Gasteiger partial charge in [0.1, 0.15) is 0 Å². The van der Waals surface area contributed by atoms with Gasteiger partial charge < -0.3 is 4.74 Å². The number of ether oxygens (including phenoxy) is 1. The van der Waals surface area contributed by atoms with Crippen LogP contribution in [0.1, 0.15) is 20.3 Å². The fourth-order valence-corrected chi connectivity index (χ4v) is 1.84. The Morgan fingerprint density at radius 1 is 1.50 bits per heavy atom. The van der Waals surface area contributed by atoms with Crippen LogP contribution >= 0.6 is 11.8 Å². The molecule has 7 heteroatoms. The Morgan fingerprint density at radius 3 is 2.56 bits per heavy atom. The molecule has 0 spiro atoms. The van der Waals surface area contributed by atoms with Crippen LogP contribution < -0.4 is 11.2 Å². The molecular formula is C9H19N3O3S. The summed E-state index contributed by atoms with van der Waals surface area (Å²) in [6.07, 6.45) is 0.728. The SMILES string of the molecule is CC.COCCCN(N)C1SC(=O)NC1=O. The van der Waals surface area contributed by atoms with Crippen LogP contribution in [0, 0.1) is 0 Å². The van der Waals surface area contributed by atoms with E-state index in [2.05, 4.69) is 5.32 Å². The number of amides is 2. The first kappa shape index (κ1) is 15.4. The third-order valence-electron chi connectivity index (χ3n) is 1.73. The molecular weight excluding hydrogens is 230 g/mol. The van der Waals surface area contributed by atoms with Crippen molar-refractivity contribution in [3.05, 3.63) is 0 Å². The van der Waals surface area contributed by atoms with E-state index >= 15 is 0 Å². The molecule has 1 unspecified atom stereocenters. The molecule has 3 N–H and O–H groups in total. The summed E-state index contributed by atoms with van der Waals surface area (Å²) in [5.74, 6) is 5.27. The zero-order valence-electron chi connectivity index (χ0n) is 9.86. The number of imide groups is 1. The number of hydrogen-bond acceptors (Lipinski definition) is 6.